The van der Waals surface area contributed by atoms with Gasteiger partial charge in [0.05, 0.1) is 5.02 Å². The summed E-state index contributed by atoms with van der Waals surface area (Å²) in [4.78, 5) is 0. The van der Waals surface area contributed by atoms with Gasteiger partial charge in [0.2, 0.25) is 0 Å². The van der Waals surface area contributed by atoms with Crippen LogP contribution in [0.2, 0.25) is 10.0 Å². The summed E-state index contributed by atoms with van der Waals surface area (Å²) in [5, 5.41) is 0.620. The summed E-state index contributed by atoms with van der Waals surface area (Å²) >= 11 is 12.6. The van der Waals surface area contributed by atoms with E-state index in [0.717, 1.165) is 0 Å². The standard InChI is InChI=1S/C18H14Cl2N2O2/c19-15-7-8-16(23-13-5-1-3-11(21)9-13)17(20)18(15)24-14-6-2-4-12(22)10-14/h1-10H,21-22H2. The number of hydrogen-bond donors (Lipinski definition) is 2. The molecule has 0 aromatic heterocycles. The molecule has 0 spiro atoms. The van der Waals surface area contributed by atoms with Crippen LogP contribution in [0.4, 0.5) is 11.4 Å². The Labute approximate surface area is 149 Å². The molecule has 0 atom stereocenters. The molecule has 122 valence electrons. The molecule has 6 heteroatoms. The van der Waals surface area contributed by atoms with Crippen LogP contribution in [0.15, 0.2) is 60.7 Å². The van der Waals surface area contributed by atoms with E-state index >= 15 is 0 Å². The highest BCUT2D eigenvalue weighted by Gasteiger charge is 2.15. The molecule has 4 nitrogen and oxygen atoms in total. The van der Waals surface area contributed by atoms with Crippen LogP contribution in [0, 0.1) is 0 Å². The van der Waals surface area contributed by atoms with Crippen LogP contribution in [-0.4, -0.2) is 0 Å². The van der Waals surface area contributed by atoms with E-state index in [1.165, 1.54) is 0 Å². The predicted octanol–water partition coefficient (Wildman–Crippen LogP) is 5.74. The van der Waals surface area contributed by atoms with Crippen molar-refractivity contribution < 1.29 is 9.47 Å². The van der Waals surface area contributed by atoms with E-state index in [2.05, 4.69) is 0 Å². The minimum atomic E-state index is 0.257. The number of hydrogen-bond acceptors (Lipinski definition) is 4. The Bertz CT molecular complexity index is 885. The molecule has 0 aliphatic carbocycles. The van der Waals surface area contributed by atoms with Gasteiger partial charge in [-0.05, 0) is 36.4 Å². The third kappa shape index (κ3) is 3.67. The van der Waals surface area contributed by atoms with Crippen LogP contribution >= 0.6 is 23.2 Å². The fourth-order valence-corrected chi connectivity index (χ4v) is 2.57. The predicted molar refractivity (Wildman–Crippen MR) is 98.3 cm³/mol. The van der Waals surface area contributed by atoms with Gasteiger partial charge < -0.3 is 20.9 Å². The molecule has 0 bridgehead atoms. The fraction of sp³-hybridized carbons (Fsp3) is 0. The molecule has 0 aliphatic heterocycles. The molecule has 3 aromatic rings. The van der Waals surface area contributed by atoms with Crippen LogP contribution in [0.25, 0.3) is 0 Å². The van der Waals surface area contributed by atoms with Gasteiger partial charge in [0.1, 0.15) is 22.3 Å². The summed E-state index contributed by atoms with van der Waals surface area (Å²) in [7, 11) is 0. The fourth-order valence-electron chi connectivity index (χ4n) is 2.09. The van der Waals surface area contributed by atoms with Crippen molar-refractivity contribution in [3.05, 3.63) is 70.7 Å². The van der Waals surface area contributed by atoms with Crippen molar-refractivity contribution in [2.24, 2.45) is 0 Å². The zero-order valence-electron chi connectivity index (χ0n) is 12.5. The Morgan fingerprint density at radius 1 is 0.708 bits per heavy atom. The lowest BCUT2D eigenvalue weighted by molar-refractivity contribution is 0.461. The minimum absolute atomic E-state index is 0.257. The maximum Gasteiger partial charge on any atom is 0.168 e. The number of ether oxygens (including phenoxy) is 2. The number of rotatable bonds is 4. The molecule has 0 saturated heterocycles. The smallest absolute Gasteiger partial charge is 0.168 e. The lowest BCUT2D eigenvalue weighted by Gasteiger charge is -2.14. The summed E-state index contributed by atoms with van der Waals surface area (Å²) in [6.45, 7) is 0. The number of benzene rings is 3. The number of anilines is 2. The van der Waals surface area contributed by atoms with Crippen LogP contribution in [0.3, 0.4) is 0 Å². The van der Waals surface area contributed by atoms with Crippen molar-refractivity contribution in [1.29, 1.82) is 0 Å². The second-order valence-corrected chi connectivity index (χ2v) is 5.82. The van der Waals surface area contributed by atoms with E-state index < -0.39 is 0 Å². The van der Waals surface area contributed by atoms with E-state index in [0.29, 0.717) is 39.4 Å². The van der Waals surface area contributed by atoms with Gasteiger partial charge in [-0.3, -0.25) is 0 Å². The first-order valence-electron chi connectivity index (χ1n) is 7.08. The maximum absolute atomic E-state index is 6.40. The molecule has 0 saturated carbocycles. The second kappa shape index (κ2) is 6.91. The van der Waals surface area contributed by atoms with Crippen molar-refractivity contribution in [2.75, 3.05) is 11.5 Å². The molecule has 24 heavy (non-hydrogen) atoms. The van der Waals surface area contributed by atoms with Crippen molar-refractivity contribution in [2.45, 2.75) is 0 Å². The summed E-state index contributed by atoms with van der Waals surface area (Å²) in [6, 6.07) is 17.3. The van der Waals surface area contributed by atoms with E-state index in [1.54, 1.807) is 60.7 Å². The molecule has 0 radical (unpaired) electrons. The zero-order valence-corrected chi connectivity index (χ0v) is 14.0. The molecular formula is C18H14Cl2N2O2. The number of halogens is 2. The first-order chi connectivity index (χ1) is 11.5. The summed E-state index contributed by atoms with van der Waals surface area (Å²) in [5.41, 5.74) is 12.7. The van der Waals surface area contributed by atoms with E-state index in [9.17, 15) is 0 Å². The largest absolute Gasteiger partial charge is 0.456 e. The average molecular weight is 361 g/mol. The van der Waals surface area contributed by atoms with Crippen LogP contribution in [0.5, 0.6) is 23.0 Å². The molecule has 0 heterocycles. The van der Waals surface area contributed by atoms with Gasteiger partial charge in [0, 0.05) is 23.5 Å². The third-order valence-electron chi connectivity index (χ3n) is 3.18. The van der Waals surface area contributed by atoms with Crippen LogP contribution in [-0.2, 0) is 0 Å². The monoisotopic (exact) mass is 360 g/mol. The first kappa shape index (κ1) is 16.3. The normalized spacial score (nSPS) is 10.4. The van der Waals surface area contributed by atoms with Crippen molar-refractivity contribution in [3.63, 3.8) is 0 Å². The quantitative estimate of drug-likeness (QED) is 0.581. The van der Waals surface area contributed by atoms with Crippen molar-refractivity contribution >= 4 is 34.6 Å². The van der Waals surface area contributed by atoms with Gasteiger partial charge in [-0.1, -0.05) is 35.3 Å². The second-order valence-electron chi connectivity index (χ2n) is 5.04. The summed E-state index contributed by atoms with van der Waals surface area (Å²) < 4.78 is 11.5. The Hall–Kier alpha value is -2.56. The highest BCUT2D eigenvalue weighted by atomic mass is 35.5. The minimum Gasteiger partial charge on any atom is -0.456 e. The van der Waals surface area contributed by atoms with Gasteiger partial charge in [0.25, 0.3) is 0 Å². The van der Waals surface area contributed by atoms with E-state index in [4.69, 9.17) is 44.1 Å². The first-order valence-corrected chi connectivity index (χ1v) is 7.83. The number of nitrogen functional groups attached to an aromatic ring is 2. The zero-order chi connectivity index (χ0) is 17.1. The highest BCUT2D eigenvalue weighted by Crippen LogP contribution is 2.43. The Morgan fingerprint density at radius 3 is 1.88 bits per heavy atom. The molecule has 0 unspecified atom stereocenters. The van der Waals surface area contributed by atoms with Gasteiger partial charge in [-0.25, -0.2) is 0 Å². The lowest BCUT2D eigenvalue weighted by Crippen LogP contribution is -1.92. The molecule has 0 amide bonds. The SMILES string of the molecule is Nc1cccc(Oc2ccc(Cl)c(Oc3cccc(N)c3)c2Cl)c1. The van der Waals surface area contributed by atoms with Gasteiger partial charge in [-0.15, -0.1) is 0 Å². The Morgan fingerprint density at radius 2 is 1.29 bits per heavy atom. The van der Waals surface area contributed by atoms with Crippen LogP contribution in [0.1, 0.15) is 0 Å². The van der Waals surface area contributed by atoms with E-state index in [1.807, 2.05) is 0 Å². The molecule has 4 N–H and O–H groups in total. The molecule has 3 aromatic carbocycles. The van der Waals surface area contributed by atoms with Gasteiger partial charge >= 0.3 is 0 Å². The van der Waals surface area contributed by atoms with E-state index in [-0.39, 0.29) is 5.02 Å². The topological polar surface area (TPSA) is 70.5 Å². The van der Waals surface area contributed by atoms with Gasteiger partial charge in [0.15, 0.2) is 5.75 Å². The van der Waals surface area contributed by atoms with Crippen molar-refractivity contribution in [1.82, 2.24) is 0 Å². The molecular weight excluding hydrogens is 347 g/mol. The average Bonchev–Trinajstić information content (AvgIpc) is 2.54. The van der Waals surface area contributed by atoms with Crippen LogP contribution < -0.4 is 20.9 Å². The maximum atomic E-state index is 6.40. The summed E-state index contributed by atoms with van der Waals surface area (Å²) in [6.07, 6.45) is 0. The highest BCUT2D eigenvalue weighted by molar-refractivity contribution is 6.38. The third-order valence-corrected chi connectivity index (χ3v) is 3.83. The Kier molecular flexibility index (Phi) is 4.69. The molecule has 0 fully saturated rings. The lowest BCUT2D eigenvalue weighted by atomic mass is 10.3. The van der Waals surface area contributed by atoms with Gasteiger partial charge in [-0.2, -0.15) is 0 Å². The Balaban J connectivity index is 1.93. The summed E-state index contributed by atoms with van der Waals surface area (Å²) in [5.74, 6) is 1.80. The van der Waals surface area contributed by atoms with Crippen molar-refractivity contribution in [3.8, 4) is 23.0 Å². The molecule has 3 rings (SSSR count). The molecule has 0 aliphatic rings. The number of nitrogens with two attached hydrogens (primary N) is 2.